The predicted molar refractivity (Wildman–Crippen MR) is 105 cm³/mol. The minimum atomic E-state index is -3.52. The minimum Gasteiger partial charge on any atom is -0.338 e. The average Bonchev–Trinajstić information content (AvgIpc) is 3.22. The van der Waals surface area contributed by atoms with Crippen LogP contribution in [-0.2, 0) is 19.6 Å². The van der Waals surface area contributed by atoms with Gasteiger partial charge in [-0.25, -0.2) is 8.42 Å². The molecular formula is C17H22BrN3O4S2. The third kappa shape index (κ3) is 3.81. The van der Waals surface area contributed by atoms with Gasteiger partial charge in [0.1, 0.15) is 10.3 Å². The lowest BCUT2D eigenvalue weighted by Crippen LogP contribution is -2.55. The van der Waals surface area contributed by atoms with Gasteiger partial charge in [0, 0.05) is 38.6 Å². The maximum atomic E-state index is 12.9. The number of sulfonamides is 1. The van der Waals surface area contributed by atoms with Crippen LogP contribution in [-0.4, -0.2) is 73.1 Å². The van der Waals surface area contributed by atoms with Crippen molar-refractivity contribution in [3.05, 3.63) is 15.9 Å². The number of piperazine rings is 1. The van der Waals surface area contributed by atoms with Gasteiger partial charge in [-0.15, -0.1) is 11.3 Å². The maximum Gasteiger partial charge on any atom is 0.252 e. The van der Waals surface area contributed by atoms with Gasteiger partial charge in [0.15, 0.2) is 0 Å². The first-order valence-corrected chi connectivity index (χ1v) is 12.3. The Kier molecular flexibility index (Phi) is 5.34. The summed E-state index contributed by atoms with van der Waals surface area (Å²) in [6.45, 7) is 1.96. The van der Waals surface area contributed by atoms with E-state index in [1.54, 1.807) is 21.9 Å². The third-order valence-electron chi connectivity index (χ3n) is 5.44. The molecule has 3 aliphatic rings. The molecule has 2 amide bonds. The first kappa shape index (κ1) is 19.4. The lowest BCUT2D eigenvalue weighted by atomic mass is 10.1. The van der Waals surface area contributed by atoms with Crippen molar-refractivity contribution in [1.29, 1.82) is 0 Å². The van der Waals surface area contributed by atoms with Crippen molar-refractivity contribution in [3.8, 4) is 0 Å². The van der Waals surface area contributed by atoms with Crippen molar-refractivity contribution in [1.82, 2.24) is 14.1 Å². The molecule has 2 aliphatic heterocycles. The molecule has 0 N–H and O–H groups in total. The summed E-state index contributed by atoms with van der Waals surface area (Å²) in [6.07, 6.45) is 3.44. The summed E-state index contributed by atoms with van der Waals surface area (Å²) in [4.78, 5) is 28.8. The van der Waals surface area contributed by atoms with Gasteiger partial charge in [0.05, 0.1) is 3.79 Å². The number of nitrogens with zero attached hydrogens (tertiary/aromatic N) is 3. The van der Waals surface area contributed by atoms with Crippen molar-refractivity contribution < 1.29 is 18.0 Å². The van der Waals surface area contributed by atoms with E-state index in [4.69, 9.17) is 0 Å². The highest BCUT2D eigenvalue weighted by Gasteiger charge is 2.42. The fourth-order valence-electron chi connectivity index (χ4n) is 3.78. The van der Waals surface area contributed by atoms with Gasteiger partial charge in [-0.3, -0.25) is 9.59 Å². The van der Waals surface area contributed by atoms with E-state index in [9.17, 15) is 18.0 Å². The topological polar surface area (TPSA) is 78.0 Å². The van der Waals surface area contributed by atoms with E-state index in [0.717, 1.165) is 23.0 Å². The summed E-state index contributed by atoms with van der Waals surface area (Å²) in [5.41, 5.74) is 0. The monoisotopic (exact) mass is 475 g/mol. The molecular weight excluding hydrogens is 454 g/mol. The van der Waals surface area contributed by atoms with E-state index in [1.165, 1.54) is 15.6 Å². The quantitative estimate of drug-likeness (QED) is 0.664. The van der Waals surface area contributed by atoms with Crippen molar-refractivity contribution >= 4 is 49.1 Å². The van der Waals surface area contributed by atoms with E-state index in [2.05, 4.69) is 15.9 Å². The van der Waals surface area contributed by atoms with Gasteiger partial charge in [0.25, 0.3) is 10.0 Å². The molecule has 1 unspecified atom stereocenters. The molecule has 0 spiro atoms. The lowest BCUT2D eigenvalue weighted by Gasteiger charge is -2.36. The van der Waals surface area contributed by atoms with E-state index >= 15 is 0 Å². The van der Waals surface area contributed by atoms with Crippen molar-refractivity contribution in [2.24, 2.45) is 5.92 Å². The molecule has 27 heavy (non-hydrogen) atoms. The van der Waals surface area contributed by atoms with E-state index < -0.39 is 10.0 Å². The number of thiophene rings is 1. The number of carbonyl (C=O) groups is 2. The first-order valence-electron chi connectivity index (χ1n) is 9.22. The van der Waals surface area contributed by atoms with Gasteiger partial charge in [-0.2, -0.15) is 4.31 Å². The molecule has 3 heterocycles. The number of amides is 2. The smallest absolute Gasteiger partial charge is 0.252 e. The molecule has 3 fully saturated rings. The molecule has 1 aromatic heterocycles. The van der Waals surface area contributed by atoms with Crippen LogP contribution in [0.1, 0.15) is 25.7 Å². The molecule has 10 heteroatoms. The van der Waals surface area contributed by atoms with Gasteiger partial charge in [-0.05, 0) is 53.7 Å². The van der Waals surface area contributed by atoms with E-state index in [1.807, 2.05) is 0 Å². The summed E-state index contributed by atoms with van der Waals surface area (Å²) >= 11 is 4.49. The van der Waals surface area contributed by atoms with Gasteiger partial charge < -0.3 is 9.80 Å². The van der Waals surface area contributed by atoms with Crippen LogP contribution in [0, 0.1) is 5.92 Å². The second kappa shape index (κ2) is 7.46. The number of halogens is 1. The molecule has 2 saturated heterocycles. The molecule has 7 nitrogen and oxygen atoms in total. The SMILES string of the molecule is O=C(C1CCCN1C(=O)C1CC1)N1CCN(S(=O)(=O)c2ccc(Br)s2)CC1. The highest BCUT2D eigenvalue weighted by molar-refractivity contribution is 9.11. The second-order valence-corrected chi connectivity index (χ2v) is 11.9. The number of likely N-dealkylation sites (tertiary alicyclic amines) is 1. The van der Waals surface area contributed by atoms with Crippen molar-refractivity contribution in [2.45, 2.75) is 35.9 Å². The second-order valence-electron chi connectivity index (χ2n) is 7.25. The molecule has 0 radical (unpaired) electrons. The van der Waals surface area contributed by atoms with Crippen molar-refractivity contribution in [2.75, 3.05) is 32.7 Å². The zero-order chi connectivity index (χ0) is 19.2. The first-order chi connectivity index (χ1) is 12.9. The molecule has 0 aromatic carbocycles. The molecule has 0 bridgehead atoms. The predicted octanol–water partition coefficient (Wildman–Crippen LogP) is 1.74. The summed E-state index contributed by atoms with van der Waals surface area (Å²) in [6, 6.07) is 2.96. The van der Waals surface area contributed by atoms with Gasteiger partial charge in [0.2, 0.25) is 11.8 Å². The summed E-state index contributed by atoms with van der Waals surface area (Å²) < 4.78 is 28.0. The summed E-state index contributed by atoms with van der Waals surface area (Å²) in [7, 11) is -3.52. The fraction of sp³-hybridized carbons (Fsp3) is 0.647. The lowest BCUT2D eigenvalue weighted by molar-refractivity contribution is -0.145. The number of carbonyl (C=O) groups excluding carboxylic acids is 2. The third-order valence-corrected chi connectivity index (χ3v) is 9.43. The van der Waals surface area contributed by atoms with Crippen LogP contribution in [0.15, 0.2) is 20.1 Å². The Morgan fingerprint density at radius 1 is 1.00 bits per heavy atom. The Morgan fingerprint density at radius 3 is 2.30 bits per heavy atom. The van der Waals surface area contributed by atoms with Crippen LogP contribution < -0.4 is 0 Å². The van der Waals surface area contributed by atoms with Gasteiger partial charge in [-0.1, -0.05) is 0 Å². The van der Waals surface area contributed by atoms with Crippen LogP contribution in [0.25, 0.3) is 0 Å². The van der Waals surface area contributed by atoms with Crippen LogP contribution in [0.3, 0.4) is 0 Å². The Morgan fingerprint density at radius 2 is 1.70 bits per heavy atom. The van der Waals surface area contributed by atoms with Crippen LogP contribution >= 0.6 is 27.3 Å². The fourth-order valence-corrected chi connectivity index (χ4v) is 7.36. The Balaban J connectivity index is 1.38. The molecule has 1 aromatic rings. The molecule has 1 saturated carbocycles. The molecule has 148 valence electrons. The highest BCUT2D eigenvalue weighted by atomic mass is 79.9. The Bertz CT molecular complexity index is 844. The van der Waals surface area contributed by atoms with E-state index in [0.29, 0.717) is 30.3 Å². The number of rotatable bonds is 4. The number of hydrogen-bond donors (Lipinski definition) is 0. The normalized spacial score (nSPS) is 24.4. The van der Waals surface area contributed by atoms with Gasteiger partial charge >= 0.3 is 0 Å². The van der Waals surface area contributed by atoms with Crippen LogP contribution in [0.2, 0.25) is 0 Å². The number of hydrogen-bond acceptors (Lipinski definition) is 5. The van der Waals surface area contributed by atoms with Crippen molar-refractivity contribution in [3.63, 3.8) is 0 Å². The maximum absolute atomic E-state index is 12.9. The van der Waals surface area contributed by atoms with Crippen LogP contribution in [0.4, 0.5) is 0 Å². The molecule has 1 aliphatic carbocycles. The zero-order valence-electron chi connectivity index (χ0n) is 14.8. The summed E-state index contributed by atoms with van der Waals surface area (Å²) in [5, 5.41) is 0. The average molecular weight is 476 g/mol. The largest absolute Gasteiger partial charge is 0.338 e. The molecule has 4 rings (SSSR count). The molecule has 1 atom stereocenters. The van der Waals surface area contributed by atoms with E-state index in [-0.39, 0.29) is 36.9 Å². The Labute approximate surface area is 171 Å². The van der Waals surface area contributed by atoms with Crippen LogP contribution in [0.5, 0.6) is 0 Å². The minimum absolute atomic E-state index is 0.0302. The Hall–Kier alpha value is -0.970. The highest BCUT2D eigenvalue weighted by Crippen LogP contribution is 2.34. The summed E-state index contributed by atoms with van der Waals surface area (Å²) in [5.74, 6) is 0.207. The zero-order valence-corrected chi connectivity index (χ0v) is 18.1. The standard InChI is InChI=1S/C17H22BrN3O4S2/c18-14-5-6-15(26-14)27(24,25)20-10-8-19(9-11-20)17(23)13-2-1-7-21(13)16(22)12-3-4-12/h5-6,12-13H,1-4,7-11H2.